The molecule has 1 aromatic rings. The van der Waals surface area contributed by atoms with Crippen molar-refractivity contribution in [2.75, 3.05) is 5.75 Å². The van der Waals surface area contributed by atoms with Crippen molar-refractivity contribution in [1.82, 2.24) is 0 Å². The number of benzene rings is 1. The molecule has 0 nitrogen and oxygen atoms in total. The maximum absolute atomic E-state index is 8.18. The molecule has 1 aromatic carbocycles. The van der Waals surface area contributed by atoms with Crippen LogP contribution in [0.2, 0.25) is 19.6 Å². The van der Waals surface area contributed by atoms with Crippen LogP contribution in [-0.4, -0.2) is 18.8 Å². The molecular formula is C12H19ClSSi. The lowest BCUT2D eigenvalue weighted by Gasteiger charge is -2.22. The average Bonchev–Trinajstić information content (AvgIpc) is 2.15. The van der Waals surface area contributed by atoms with Gasteiger partial charge in [-0.05, 0) is 19.1 Å². The van der Waals surface area contributed by atoms with Gasteiger partial charge in [-0.2, -0.15) is 0 Å². The summed E-state index contributed by atoms with van der Waals surface area (Å²) < 4.78 is 8.18. The minimum Gasteiger partial charge on any atom is -0.126 e. The zero-order valence-electron chi connectivity index (χ0n) is 10.8. The summed E-state index contributed by atoms with van der Waals surface area (Å²) in [5.41, 5.74) is 1.26. The normalized spacial score (nSPS) is 17.0. The second kappa shape index (κ2) is 5.42. The number of aryl methyl sites for hydroxylation is 1. The highest BCUT2D eigenvalue weighted by atomic mass is 35.5. The van der Waals surface area contributed by atoms with E-state index in [4.69, 9.17) is 13.0 Å². The van der Waals surface area contributed by atoms with Crippen molar-refractivity contribution in [2.45, 2.75) is 36.4 Å². The number of alkyl halides is 1. The summed E-state index contributed by atoms with van der Waals surface area (Å²) in [6, 6.07) is 8.38. The van der Waals surface area contributed by atoms with Gasteiger partial charge in [0.2, 0.25) is 0 Å². The van der Waals surface area contributed by atoms with Gasteiger partial charge in [-0.15, -0.1) is 23.4 Å². The van der Waals surface area contributed by atoms with E-state index in [0.29, 0.717) is 5.75 Å². The second-order valence-electron chi connectivity index (χ2n) is 4.76. The summed E-state index contributed by atoms with van der Waals surface area (Å²) in [6.07, 6.45) is 0. The Balaban J connectivity index is 2.61. The van der Waals surface area contributed by atoms with Crippen molar-refractivity contribution >= 4 is 31.4 Å². The molecule has 0 radical (unpaired) electrons. The maximum atomic E-state index is 8.18. The first kappa shape index (κ1) is 11.6. The average molecular weight is 260 g/mol. The van der Waals surface area contributed by atoms with Gasteiger partial charge in [0, 0.05) is 17.0 Å². The molecule has 0 aliphatic rings. The lowest BCUT2D eigenvalue weighted by molar-refractivity contribution is 1.28. The molecule has 0 bridgehead atoms. The Morgan fingerprint density at radius 2 is 1.87 bits per heavy atom. The number of halogens is 1. The van der Waals surface area contributed by atoms with Crippen molar-refractivity contribution in [1.29, 1.82) is 0 Å². The first-order chi connectivity index (χ1) is 7.22. The van der Waals surface area contributed by atoms with Gasteiger partial charge >= 0.3 is 0 Å². The zero-order chi connectivity index (χ0) is 12.4. The summed E-state index contributed by atoms with van der Waals surface area (Å²) in [6.45, 7) is 8.50. The highest BCUT2D eigenvalue weighted by molar-refractivity contribution is 7.99. The van der Waals surface area contributed by atoms with Crippen LogP contribution in [0, 0.1) is 6.92 Å². The Morgan fingerprint density at radius 1 is 1.33 bits per heavy atom. The molecule has 0 aliphatic carbocycles. The molecule has 0 aliphatic heterocycles. The van der Waals surface area contributed by atoms with Crippen molar-refractivity contribution in [3.05, 3.63) is 29.8 Å². The summed E-state index contributed by atoms with van der Waals surface area (Å²) in [5.74, 6) is 0.660. The van der Waals surface area contributed by atoms with E-state index in [-0.39, 0.29) is 0 Å². The van der Waals surface area contributed by atoms with Crippen LogP contribution in [0.4, 0.5) is 0 Å². The third kappa shape index (κ3) is 4.62. The van der Waals surface area contributed by atoms with Crippen LogP contribution in [0.15, 0.2) is 29.2 Å². The molecule has 0 fully saturated rings. The molecule has 0 heterocycles. The van der Waals surface area contributed by atoms with Crippen LogP contribution in [0.25, 0.3) is 0 Å². The number of rotatable bonds is 4. The highest BCUT2D eigenvalue weighted by Gasteiger charge is 2.24. The zero-order valence-corrected chi connectivity index (χ0v) is 12.4. The van der Waals surface area contributed by atoms with E-state index in [1.54, 1.807) is 11.8 Å². The molecule has 84 valence electrons. The van der Waals surface area contributed by atoms with Crippen LogP contribution in [0.3, 0.4) is 0 Å². The Morgan fingerprint density at radius 3 is 2.33 bits per heavy atom. The van der Waals surface area contributed by atoms with Crippen LogP contribution in [-0.2, 0) is 0 Å². The van der Waals surface area contributed by atoms with Gasteiger partial charge in [0.25, 0.3) is 0 Å². The van der Waals surface area contributed by atoms with Crippen LogP contribution >= 0.6 is 23.4 Å². The SMILES string of the molecule is [2H]C(Cl)(CSc1ccc(C)cc1)[Si](C)(C)C. The van der Waals surface area contributed by atoms with Crippen molar-refractivity contribution < 1.29 is 1.37 Å². The topological polar surface area (TPSA) is 0 Å². The Bertz CT molecular complexity index is 343. The Labute approximate surface area is 105 Å². The molecular weight excluding hydrogens is 240 g/mol. The predicted octanol–water partition coefficient (Wildman–Crippen LogP) is 4.57. The molecule has 0 aromatic heterocycles. The van der Waals surface area contributed by atoms with Crippen molar-refractivity contribution in [3.8, 4) is 0 Å². The Kier molecular flexibility index (Phi) is 4.18. The van der Waals surface area contributed by atoms with Crippen LogP contribution in [0.5, 0.6) is 0 Å². The Hall–Kier alpha value is 0.0769. The number of hydrogen-bond acceptors (Lipinski definition) is 1. The van der Waals surface area contributed by atoms with Gasteiger partial charge in [0.05, 0.1) is 8.07 Å². The maximum Gasteiger partial charge on any atom is 0.0659 e. The van der Waals surface area contributed by atoms with E-state index in [9.17, 15) is 0 Å². The highest BCUT2D eigenvalue weighted by Crippen LogP contribution is 2.24. The first-order valence-corrected chi connectivity index (χ1v) is 9.97. The summed E-state index contributed by atoms with van der Waals surface area (Å²) >= 11 is 7.98. The minimum atomic E-state index is -1.64. The quantitative estimate of drug-likeness (QED) is 0.434. The molecule has 3 heteroatoms. The largest absolute Gasteiger partial charge is 0.126 e. The summed E-state index contributed by atoms with van der Waals surface area (Å²) in [4.78, 5) is 0.406. The molecule has 0 spiro atoms. The van der Waals surface area contributed by atoms with E-state index >= 15 is 0 Å². The molecule has 0 amide bonds. The fourth-order valence-corrected chi connectivity index (χ4v) is 3.73. The van der Waals surface area contributed by atoms with E-state index in [1.165, 1.54) is 10.5 Å². The fraction of sp³-hybridized carbons (Fsp3) is 0.500. The van der Waals surface area contributed by atoms with Crippen LogP contribution in [0.1, 0.15) is 6.93 Å². The molecule has 1 atom stereocenters. The van der Waals surface area contributed by atoms with E-state index in [0.717, 1.165) is 0 Å². The third-order valence-electron chi connectivity index (χ3n) is 2.20. The van der Waals surface area contributed by atoms with Crippen LogP contribution < -0.4 is 0 Å². The van der Waals surface area contributed by atoms with Gasteiger partial charge in [-0.3, -0.25) is 0 Å². The summed E-state index contributed by atoms with van der Waals surface area (Å²) in [5, 5.41) is 0. The molecule has 0 N–H and O–H groups in total. The predicted molar refractivity (Wildman–Crippen MR) is 74.9 cm³/mol. The van der Waals surface area contributed by atoms with E-state index in [2.05, 4.69) is 50.8 Å². The molecule has 0 saturated heterocycles. The molecule has 1 unspecified atom stereocenters. The molecule has 15 heavy (non-hydrogen) atoms. The lowest BCUT2D eigenvalue weighted by atomic mass is 10.2. The van der Waals surface area contributed by atoms with E-state index in [1.807, 2.05) is 0 Å². The molecule has 0 saturated carbocycles. The lowest BCUT2D eigenvalue weighted by Crippen LogP contribution is -2.35. The standard InChI is InChI=1S/C12H19ClSSi/c1-10-5-7-11(8-6-10)14-9-12(13)15(2,3)4/h5-8,12H,9H2,1-4H3/i12D. The van der Waals surface area contributed by atoms with Gasteiger partial charge in [0.1, 0.15) is 0 Å². The number of thioether (sulfide) groups is 1. The van der Waals surface area contributed by atoms with Crippen molar-refractivity contribution in [3.63, 3.8) is 0 Å². The first-order valence-electron chi connectivity index (χ1n) is 5.61. The monoisotopic (exact) mass is 259 g/mol. The second-order valence-corrected chi connectivity index (χ2v) is 11.7. The van der Waals surface area contributed by atoms with E-state index < -0.39 is 13.1 Å². The van der Waals surface area contributed by atoms with Gasteiger partial charge in [-0.25, -0.2) is 0 Å². The summed E-state index contributed by atoms with van der Waals surface area (Å²) in [7, 11) is -1.64. The van der Waals surface area contributed by atoms with Gasteiger partial charge < -0.3 is 0 Å². The smallest absolute Gasteiger partial charge is 0.0659 e. The van der Waals surface area contributed by atoms with Gasteiger partial charge in [0.15, 0.2) is 0 Å². The minimum absolute atomic E-state index is 0.660. The van der Waals surface area contributed by atoms with Crippen molar-refractivity contribution in [2.24, 2.45) is 0 Å². The fourth-order valence-electron chi connectivity index (χ4n) is 0.998. The van der Waals surface area contributed by atoms with Gasteiger partial charge in [-0.1, -0.05) is 37.3 Å². The molecule has 1 rings (SSSR count). The number of hydrogen-bond donors (Lipinski definition) is 0. The third-order valence-corrected chi connectivity index (χ3v) is 7.29.